The number of aryl methyl sites for hydroxylation is 1. The van der Waals surface area contributed by atoms with Crippen molar-refractivity contribution >= 4 is 28.5 Å². The lowest BCUT2D eigenvalue weighted by atomic mass is 9.87. The second kappa shape index (κ2) is 16.4. The van der Waals surface area contributed by atoms with Gasteiger partial charge in [0, 0.05) is 35.6 Å². The topological polar surface area (TPSA) is 99.2 Å². The minimum absolute atomic E-state index is 0.0921. The zero-order chi connectivity index (χ0) is 44.0. The molecule has 0 aromatic heterocycles. The summed E-state index contributed by atoms with van der Waals surface area (Å²) in [6.07, 6.45) is -4.46. The molecule has 63 heavy (non-hydrogen) atoms. The van der Waals surface area contributed by atoms with Gasteiger partial charge >= 0.3 is 12.1 Å². The zero-order valence-electron chi connectivity index (χ0n) is 34.7. The summed E-state index contributed by atoms with van der Waals surface area (Å²) in [5.41, 5.74) is 8.99. The molecule has 0 unspecified atom stereocenters. The normalized spacial score (nSPS) is 14.8. The van der Waals surface area contributed by atoms with E-state index in [0.29, 0.717) is 64.4 Å². The van der Waals surface area contributed by atoms with Gasteiger partial charge in [-0.2, -0.15) is 13.2 Å². The molecular formula is C50H41F3N2O8. The molecule has 0 saturated carbocycles. The van der Waals surface area contributed by atoms with E-state index in [0.717, 1.165) is 50.7 Å². The largest absolute Gasteiger partial charge is 0.493 e. The van der Waals surface area contributed by atoms with E-state index in [4.69, 9.17) is 28.4 Å². The van der Waals surface area contributed by atoms with Crippen molar-refractivity contribution in [3.8, 4) is 34.5 Å². The van der Waals surface area contributed by atoms with Gasteiger partial charge in [-0.05, 0) is 95.3 Å². The molecule has 0 radical (unpaired) electrons. The van der Waals surface area contributed by atoms with Crippen LogP contribution >= 0.6 is 0 Å². The third-order valence-electron chi connectivity index (χ3n) is 11.5. The lowest BCUT2D eigenvalue weighted by Crippen LogP contribution is -2.32. The molecule has 6 aromatic carbocycles. The Kier molecular flexibility index (Phi) is 10.6. The first-order chi connectivity index (χ1) is 30.5. The number of methoxy groups -OCH3 is 2. The monoisotopic (exact) mass is 854 g/mol. The van der Waals surface area contributed by atoms with E-state index in [-0.39, 0.29) is 25.0 Å². The first-order valence-electron chi connectivity index (χ1n) is 20.0. The maximum absolute atomic E-state index is 13.8. The molecule has 1 N–H and O–H groups in total. The number of halogens is 3. The van der Waals surface area contributed by atoms with Crippen LogP contribution in [-0.4, -0.2) is 38.9 Å². The molecular weight excluding hydrogens is 814 g/mol. The summed E-state index contributed by atoms with van der Waals surface area (Å²) in [4.78, 5) is 16.2. The number of hydrogen-bond acceptors (Lipinski definition) is 9. The number of carboxylic acids is 1. The van der Waals surface area contributed by atoms with Gasteiger partial charge in [0.2, 0.25) is 25.1 Å². The van der Waals surface area contributed by atoms with Crippen LogP contribution in [0, 0.1) is 6.92 Å². The third-order valence-corrected chi connectivity index (χ3v) is 11.5. The number of anilines is 2. The SMILES string of the molecule is COc1cc(C2=C(C(=O)O)N(c3ccccc3C)Cc3ccccc32)cc2c1OCO2.COc1cc(C2=C(C)N(c3ccccc3C(F)(F)F)Cc3ccccc32)cc2c1OCO2. The fraction of sp³-hybridized carbons (Fsp3) is 0.180. The van der Waals surface area contributed by atoms with Gasteiger partial charge in [0.15, 0.2) is 23.0 Å². The molecule has 0 atom stereocenters. The van der Waals surface area contributed by atoms with Gasteiger partial charge in [0.1, 0.15) is 5.70 Å². The van der Waals surface area contributed by atoms with Gasteiger partial charge in [-0.3, -0.25) is 0 Å². The molecule has 6 aromatic rings. The highest BCUT2D eigenvalue weighted by molar-refractivity contribution is 6.06. The Balaban J connectivity index is 0.000000160. The molecule has 0 bridgehead atoms. The number of allylic oxidation sites excluding steroid dienone is 1. The van der Waals surface area contributed by atoms with Gasteiger partial charge in [0.05, 0.1) is 25.5 Å². The van der Waals surface area contributed by atoms with Crippen LogP contribution in [0.5, 0.6) is 34.5 Å². The highest BCUT2D eigenvalue weighted by atomic mass is 19.4. The molecule has 0 aliphatic carbocycles. The Morgan fingerprint density at radius 2 is 1.11 bits per heavy atom. The van der Waals surface area contributed by atoms with Crippen molar-refractivity contribution in [1.82, 2.24) is 0 Å². The number of para-hydroxylation sites is 2. The van der Waals surface area contributed by atoms with Crippen LogP contribution in [0.15, 0.2) is 133 Å². The quantitative estimate of drug-likeness (QED) is 0.167. The van der Waals surface area contributed by atoms with Crippen molar-refractivity contribution in [2.75, 3.05) is 37.6 Å². The minimum atomic E-state index is -4.46. The van der Waals surface area contributed by atoms with Crippen LogP contribution in [0.4, 0.5) is 24.5 Å². The number of nitrogens with zero attached hydrogens (tertiary/aromatic N) is 2. The number of carboxylic acid groups (broad SMARTS) is 1. The summed E-state index contributed by atoms with van der Waals surface area (Å²) in [7, 11) is 3.10. The second-order valence-corrected chi connectivity index (χ2v) is 15.1. The standard InChI is InChI=1S/C25H20F3NO3.C25H21NO5/c1-15-23(17-11-21(30-2)24-22(12-17)31-14-32-24)18-8-4-3-7-16(18)13-29(15)20-10-6-5-9-19(20)25(26,27)28;1-15-7-3-6-10-19(15)26-13-16-8-4-5-9-18(16)22(23(26)25(27)28)17-11-20(29-2)24-21(12-17)30-14-31-24/h3-12H,13-14H2,1-2H3;3-12H,13-14H2,1-2H3,(H,27,28). The molecule has 0 fully saturated rings. The fourth-order valence-electron chi connectivity index (χ4n) is 8.65. The number of ether oxygens (including phenoxy) is 6. The van der Waals surface area contributed by atoms with E-state index in [9.17, 15) is 23.1 Å². The molecule has 320 valence electrons. The van der Waals surface area contributed by atoms with Crippen molar-refractivity contribution in [2.24, 2.45) is 0 Å². The number of rotatable bonds is 7. The zero-order valence-corrected chi connectivity index (χ0v) is 34.7. The van der Waals surface area contributed by atoms with Crippen LogP contribution in [0.1, 0.15) is 51.4 Å². The fourth-order valence-corrected chi connectivity index (χ4v) is 8.65. The number of carbonyl (C=O) groups is 1. The van der Waals surface area contributed by atoms with Gasteiger partial charge < -0.3 is 43.3 Å². The van der Waals surface area contributed by atoms with E-state index in [1.165, 1.54) is 12.1 Å². The van der Waals surface area contributed by atoms with Crippen LogP contribution in [0.2, 0.25) is 0 Å². The summed E-state index contributed by atoms with van der Waals surface area (Å²) >= 11 is 0. The van der Waals surface area contributed by atoms with E-state index in [2.05, 4.69) is 0 Å². The highest BCUT2D eigenvalue weighted by Gasteiger charge is 2.37. The molecule has 10 nitrogen and oxygen atoms in total. The third kappa shape index (κ3) is 7.38. The lowest BCUT2D eigenvalue weighted by molar-refractivity contribution is -0.137. The highest BCUT2D eigenvalue weighted by Crippen LogP contribution is 2.49. The minimum Gasteiger partial charge on any atom is -0.493 e. The van der Waals surface area contributed by atoms with Crippen molar-refractivity contribution in [2.45, 2.75) is 33.1 Å². The van der Waals surface area contributed by atoms with Gasteiger partial charge in [0.25, 0.3) is 0 Å². The molecule has 0 spiro atoms. The Morgan fingerprint density at radius 3 is 1.67 bits per heavy atom. The number of aliphatic carboxylic acids is 1. The van der Waals surface area contributed by atoms with Crippen molar-refractivity contribution in [3.63, 3.8) is 0 Å². The maximum atomic E-state index is 13.8. The summed E-state index contributed by atoms with van der Waals surface area (Å²) in [5, 5.41) is 10.4. The Labute approximate surface area is 361 Å². The van der Waals surface area contributed by atoms with E-state index < -0.39 is 17.7 Å². The molecule has 0 amide bonds. The molecule has 4 aliphatic heterocycles. The number of alkyl halides is 3. The molecule has 10 rings (SSSR count). The number of benzene rings is 6. The summed E-state index contributed by atoms with van der Waals surface area (Å²) in [5.74, 6) is 2.17. The van der Waals surface area contributed by atoms with E-state index in [1.807, 2.05) is 116 Å². The van der Waals surface area contributed by atoms with Crippen molar-refractivity contribution in [1.29, 1.82) is 0 Å². The van der Waals surface area contributed by atoms with E-state index in [1.54, 1.807) is 25.2 Å². The van der Waals surface area contributed by atoms with Crippen LogP contribution < -0.4 is 38.2 Å². The average Bonchev–Trinajstić information content (AvgIpc) is 3.98. The first-order valence-corrected chi connectivity index (χ1v) is 20.0. The number of hydrogen-bond donors (Lipinski definition) is 1. The van der Waals surface area contributed by atoms with Crippen LogP contribution in [-0.2, 0) is 24.1 Å². The molecule has 4 aliphatic rings. The molecule has 4 heterocycles. The Morgan fingerprint density at radius 1 is 0.619 bits per heavy atom. The van der Waals surface area contributed by atoms with Crippen molar-refractivity contribution in [3.05, 3.63) is 177 Å². The van der Waals surface area contributed by atoms with Gasteiger partial charge in [-0.15, -0.1) is 0 Å². The summed E-state index contributed by atoms with van der Waals surface area (Å²) < 4.78 is 74.6. The smallest absolute Gasteiger partial charge is 0.418 e. The van der Waals surface area contributed by atoms with Crippen LogP contribution in [0.25, 0.3) is 11.1 Å². The predicted octanol–water partition coefficient (Wildman–Crippen LogP) is 10.8. The van der Waals surface area contributed by atoms with Gasteiger partial charge in [-0.1, -0.05) is 78.9 Å². The van der Waals surface area contributed by atoms with Crippen molar-refractivity contribution < 1.29 is 51.5 Å². The first kappa shape index (κ1) is 40.8. The number of fused-ring (bicyclic) bond motifs is 4. The van der Waals surface area contributed by atoms with E-state index >= 15 is 0 Å². The Bertz CT molecular complexity index is 2850. The lowest BCUT2D eigenvalue weighted by Gasteiger charge is -2.35. The Hall–Kier alpha value is -7.54. The molecule has 13 heteroatoms. The maximum Gasteiger partial charge on any atom is 0.418 e. The average molecular weight is 855 g/mol. The predicted molar refractivity (Wildman–Crippen MR) is 231 cm³/mol. The molecule has 0 saturated heterocycles. The second-order valence-electron chi connectivity index (χ2n) is 15.1. The van der Waals surface area contributed by atoms with Gasteiger partial charge in [-0.25, -0.2) is 4.79 Å². The van der Waals surface area contributed by atoms with Crippen LogP contribution in [0.3, 0.4) is 0 Å². The summed E-state index contributed by atoms with van der Waals surface area (Å²) in [6, 6.07) is 36.4. The summed E-state index contributed by atoms with van der Waals surface area (Å²) in [6.45, 7) is 4.82.